The molecule has 2 atom stereocenters. The van der Waals surface area contributed by atoms with Gasteiger partial charge in [0, 0.05) is 30.5 Å². The maximum Gasteiger partial charge on any atom is 0.222 e. The Morgan fingerprint density at radius 3 is 2.42 bits per heavy atom. The van der Waals surface area contributed by atoms with Gasteiger partial charge in [-0.2, -0.15) is 0 Å². The molecule has 0 fully saturated rings. The second-order valence-electron chi connectivity index (χ2n) is 4.98. The SMILES string of the molecule is CC(c1ccc(Cl)cc1)C(C)N(C)C(=O)CCCN. The van der Waals surface area contributed by atoms with Gasteiger partial charge in [0.25, 0.3) is 0 Å². The standard InChI is InChI=1S/C15H23ClN2O/c1-11(13-6-8-14(16)9-7-13)12(2)18(3)15(19)5-4-10-17/h6-9,11-12H,4-5,10,17H2,1-3H3. The Hall–Kier alpha value is -1.06. The summed E-state index contributed by atoms with van der Waals surface area (Å²) in [6.07, 6.45) is 1.26. The zero-order chi connectivity index (χ0) is 14.4. The molecule has 0 aromatic heterocycles. The molecule has 1 rings (SSSR count). The predicted octanol–water partition coefficient (Wildman–Crippen LogP) is 3.03. The van der Waals surface area contributed by atoms with Crippen molar-refractivity contribution in [2.75, 3.05) is 13.6 Å². The van der Waals surface area contributed by atoms with Crippen molar-refractivity contribution in [2.45, 2.75) is 38.6 Å². The minimum atomic E-state index is 0.145. The van der Waals surface area contributed by atoms with E-state index in [0.29, 0.717) is 13.0 Å². The van der Waals surface area contributed by atoms with Crippen LogP contribution < -0.4 is 5.73 Å². The van der Waals surface area contributed by atoms with Crippen LogP contribution in [0.25, 0.3) is 0 Å². The van der Waals surface area contributed by atoms with Gasteiger partial charge in [-0.1, -0.05) is 30.7 Å². The fraction of sp³-hybridized carbons (Fsp3) is 0.533. The van der Waals surface area contributed by atoms with Crippen molar-refractivity contribution in [2.24, 2.45) is 5.73 Å². The topological polar surface area (TPSA) is 46.3 Å². The highest BCUT2D eigenvalue weighted by Crippen LogP contribution is 2.24. The fourth-order valence-corrected chi connectivity index (χ4v) is 2.16. The number of rotatable bonds is 6. The molecule has 4 heteroatoms. The van der Waals surface area contributed by atoms with Gasteiger partial charge in [0.1, 0.15) is 0 Å². The van der Waals surface area contributed by atoms with Gasteiger partial charge in [-0.3, -0.25) is 4.79 Å². The minimum Gasteiger partial charge on any atom is -0.342 e. The first kappa shape index (κ1) is 16.0. The van der Waals surface area contributed by atoms with E-state index in [9.17, 15) is 4.79 Å². The Labute approximate surface area is 120 Å². The van der Waals surface area contributed by atoms with E-state index in [-0.39, 0.29) is 17.9 Å². The van der Waals surface area contributed by atoms with Crippen molar-refractivity contribution in [3.63, 3.8) is 0 Å². The zero-order valence-corrected chi connectivity index (χ0v) is 12.7. The highest BCUT2D eigenvalue weighted by Gasteiger charge is 2.21. The third-order valence-electron chi connectivity index (χ3n) is 3.72. The molecule has 2 N–H and O–H groups in total. The summed E-state index contributed by atoms with van der Waals surface area (Å²) in [7, 11) is 1.86. The second-order valence-corrected chi connectivity index (χ2v) is 5.41. The first-order valence-corrected chi connectivity index (χ1v) is 7.06. The smallest absolute Gasteiger partial charge is 0.222 e. The summed E-state index contributed by atoms with van der Waals surface area (Å²) in [5.74, 6) is 0.419. The van der Waals surface area contributed by atoms with Gasteiger partial charge in [-0.25, -0.2) is 0 Å². The molecule has 19 heavy (non-hydrogen) atoms. The second kappa shape index (κ2) is 7.51. The molecule has 0 saturated heterocycles. The van der Waals surface area contributed by atoms with Crippen LogP contribution in [0.5, 0.6) is 0 Å². The number of nitrogens with two attached hydrogens (primary N) is 1. The first-order valence-electron chi connectivity index (χ1n) is 6.68. The molecule has 0 bridgehead atoms. The van der Waals surface area contributed by atoms with E-state index in [1.165, 1.54) is 5.56 Å². The highest BCUT2D eigenvalue weighted by atomic mass is 35.5. The molecule has 2 unspecified atom stereocenters. The number of benzene rings is 1. The van der Waals surface area contributed by atoms with E-state index in [1.807, 2.05) is 36.2 Å². The average molecular weight is 283 g/mol. The average Bonchev–Trinajstić information content (AvgIpc) is 2.43. The lowest BCUT2D eigenvalue weighted by molar-refractivity contribution is -0.132. The van der Waals surface area contributed by atoms with E-state index in [2.05, 4.69) is 13.8 Å². The maximum atomic E-state index is 12.0. The molecular weight excluding hydrogens is 260 g/mol. The lowest BCUT2D eigenvalue weighted by atomic mass is 9.93. The number of amides is 1. The molecule has 0 heterocycles. The number of likely N-dealkylation sites (N-methyl/N-ethyl adjacent to an activating group) is 1. The summed E-state index contributed by atoms with van der Waals surface area (Å²) in [5.41, 5.74) is 6.63. The molecule has 0 radical (unpaired) electrons. The van der Waals surface area contributed by atoms with E-state index in [0.717, 1.165) is 11.4 Å². The lowest BCUT2D eigenvalue weighted by Gasteiger charge is -2.30. The van der Waals surface area contributed by atoms with Crippen LogP contribution in [0.2, 0.25) is 5.02 Å². The molecule has 1 aromatic carbocycles. The van der Waals surface area contributed by atoms with Crippen LogP contribution in [-0.4, -0.2) is 30.4 Å². The number of carbonyl (C=O) groups is 1. The summed E-state index contributed by atoms with van der Waals surface area (Å²) in [6, 6.07) is 7.95. The fourth-order valence-electron chi connectivity index (χ4n) is 2.04. The molecule has 3 nitrogen and oxygen atoms in total. The summed E-state index contributed by atoms with van der Waals surface area (Å²) >= 11 is 5.89. The monoisotopic (exact) mass is 282 g/mol. The summed E-state index contributed by atoms with van der Waals surface area (Å²) in [6.45, 7) is 4.75. The van der Waals surface area contributed by atoms with Crippen LogP contribution in [0.1, 0.15) is 38.2 Å². The largest absolute Gasteiger partial charge is 0.342 e. The number of hydrogen-bond donors (Lipinski definition) is 1. The van der Waals surface area contributed by atoms with Crippen molar-refractivity contribution >= 4 is 17.5 Å². The van der Waals surface area contributed by atoms with Crippen molar-refractivity contribution in [3.05, 3.63) is 34.9 Å². The normalized spacial score (nSPS) is 13.9. The molecule has 0 aliphatic carbocycles. The van der Waals surface area contributed by atoms with Crippen molar-refractivity contribution < 1.29 is 4.79 Å². The van der Waals surface area contributed by atoms with Crippen LogP contribution in [0.3, 0.4) is 0 Å². The summed E-state index contributed by atoms with van der Waals surface area (Å²) < 4.78 is 0. The maximum absolute atomic E-state index is 12.0. The number of carbonyl (C=O) groups excluding carboxylic acids is 1. The van der Waals surface area contributed by atoms with Crippen LogP contribution in [0.4, 0.5) is 0 Å². The molecule has 0 spiro atoms. The predicted molar refractivity (Wildman–Crippen MR) is 80.4 cm³/mol. The van der Waals surface area contributed by atoms with Gasteiger partial charge >= 0.3 is 0 Å². The number of hydrogen-bond acceptors (Lipinski definition) is 2. The first-order chi connectivity index (χ1) is 8.97. The quantitative estimate of drug-likeness (QED) is 0.872. The van der Waals surface area contributed by atoms with E-state index >= 15 is 0 Å². The van der Waals surface area contributed by atoms with Gasteiger partial charge in [0.05, 0.1) is 0 Å². The Balaban J connectivity index is 2.67. The molecule has 0 aliphatic rings. The summed E-state index contributed by atoms with van der Waals surface area (Å²) in [4.78, 5) is 13.8. The molecule has 1 aromatic rings. The van der Waals surface area contributed by atoms with Gasteiger partial charge in [-0.05, 0) is 37.6 Å². The van der Waals surface area contributed by atoms with E-state index in [4.69, 9.17) is 17.3 Å². The van der Waals surface area contributed by atoms with Gasteiger partial charge in [0.2, 0.25) is 5.91 Å². The van der Waals surface area contributed by atoms with Crippen LogP contribution in [0.15, 0.2) is 24.3 Å². The van der Waals surface area contributed by atoms with Crippen LogP contribution >= 0.6 is 11.6 Å². The third kappa shape index (κ3) is 4.51. The van der Waals surface area contributed by atoms with Gasteiger partial charge in [-0.15, -0.1) is 0 Å². The van der Waals surface area contributed by atoms with E-state index < -0.39 is 0 Å². The lowest BCUT2D eigenvalue weighted by Crippen LogP contribution is -2.38. The Kier molecular flexibility index (Phi) is 6.32. The van der Waals surface area contributed by atoms with Crippen LogP contribution in [-0.2, 0) is 4.79 Å². The number of nitrogens with zero attached hydrogens (tertiary/aromatic N) is 1. The van der Waals surface area contributed by atoms with Gasteiger partial charge < -0.3 is 10.6 Å². The van der Waals surface area contributed by atoms with Crippen molar-refractivity contribution in [1.29, 1.82) is 0 Å². The minimum absolute atomic E-state index is 0.145. The molecule has 1 amide bonds. The zero-order valence-electron chi connectivity index (χ0n) is 11.9. The summed E-state index contributed by atoms with van der Waals surface area (Å²) in [5, 5.41) is 0.732. The molecule has 106 valence electrons. The Bertz CT molecular complexity index is 405. The van der Waals surface area contributed by atoms with E-state index in [1.54, 1.807) is 0 Å². The third-order valence-corrected chi connectivity index (χ3v) is 3.97. The van der Waals surface area contributed by atoms with Crippen molar-refractivity contribution in [1.82, 2.24) is 4.90 Å². The molecule has 0 aliphatic heterocycles. The Morgan fingerprint density at radius 1 is 1.32 bits per heavy atom. The van der Waals surface area contributed by atoms with Crippen LogP contribution in [0, 0.1) is 0 Å². The van der Waals surface area contributed by atoms with Crippen molar-refractivity contribution in [3.8, 4) is 0 Å². The number of halogens is 1. The molecular formula is C15H23ClN2O. The van der Waals surface area contributed by atoms with Gasteiger partial charge in [0.15, 0.2) is 0 Å². The Morgan fingerprint density at radius 2 is 1.89 bits per heavy atom. The molecule has 0 saturated carbocycles. The highest BCUT2D eigenvalue weighted by molar-refractivity contribution is 6.30.